The minimum atomic E-state index is -0.517. The van der Waals surface area contributed by atoms with Gasteiger partial charge in [-0.2, -0.15) is 0 Å². The highest BCUT2D eigenvalue weighted by molar-refractivity contribution is 7.99. The molecule has 2 aromatic carbocycles. The SMILES string of the molecule is CCOC(=O)c1cc2cc(Sc3ccc(Cl)c([N+](=O)[O-])c3)ccc2o1. The number of hydrogen-bond acceptors (Lipinski definition) is 6. The van der Waals surface area contributed by atoms with E-state index in [0.29, 0.717) is 10.5 Å². The van der Waals surface area contributed by atoms with E-state index < -0.39 is 10.9 Å². The summed E-state index contributed by atoms with van der Waals surface area (Å²) in [7, 11) is 0. The molecule has 0 amide bonds. The van der Waals surface area contributed by atoms with E-state index in [4.69, 9.17) is 20.8 Å². The molecule has 8 heteroatoms. The highest BCUT2D eigenvalue weighted by atomic mass is 35.5. The molecule has 0 N–H and O–H groups in total. The number of carbonyl (C=O) groups excluding carboxylic acids is 1. The van der Waals surface area contributed by atoms with E-state index in [2.05, 4.69) is 0 Å². The maximum atomic E-state index is 11.7. The summed E-state index contributed by atoms with van der Waals surface area (Å²) in [4.78, 5) is 23.7. The van der Waals surface area contributed by atoms with Crippen LogP contribution in [0.3, 0.4) is 0 Å². The predicted molar refractivity (Wildman–Crippen MR) is 94.4 cm³/mol. The number of rotatable bonds is 5. The monoisotopic (exact) mass is 377 g/mol. The van der Waals surface area contributed by atoms with Crippen molar-refractivity contribution in [3.8, 4) is 0 Å². The number of halogens is 1. The number of nitro groups is 1. The fourth-order valence-corrected chi connectivity index (χ4v) is 3.31. The van der Waals surface area contributed by atoms with Gasteiger partial charge >= 0.3 is 5.97 Å². The molecular formula is C17H12ClNO5S. The van der Waals surface area contributed by atoms with Crippen LogP contribution in [0, 0.1) is 10.1 Å². The minimum Gasteiger partial charge on any atom is -0.460 e. The number of furan rings is 1. The first-order chi connectivity index (χ1) is 12.0. The fraction of sp³-hybridized carbons (Fsp3) is 0.118. The van der Waals surface area contributed by atoms with Crippen LogP contribution in [0.1, 0.15) is 17.5 Å². The minimum absolute atomic E-state index is 0.0960. The smallest absolute Gasteiger partial charge is 0.374 e. The number of nitrogens with zero attached hydrogens (tertiary/aromatic N) is 1. The van der Waals surface area contributed by atoms with E-state index in [1.165, 1.54) is 23.9 Å². The van der Waals surface area contributed by atoms with Crippen molar-refractivity contribution >= 4 is 46.0 Å². The number of esters is 1. The molecule has 0 spiro atoms. The fourth-order valence-electron chi connectivity index (χ4n) is 2.22. The molecule has 0 saturated carbocycles. The van der Waals surface area contributed by atoms with Gasteiger partial charge < -0.3 is 9.15 Å². The molecular weight excluding hydrogens is 366 g/mol. The number of nitro benzene ring substituents is 1. The lowest BCUT2D eigenvalue weighted by molar-refractivity contribution is -0.384. The van der Waals surface area contributed by atoms with Crippen LogP contribution in [0.5, 0.6) is 0 Å². The van der Waals surface area contributed by atoms with E-state index >= 15 is 0 Å². The van der Waals surface area contributed by atoms with Crippen molar-refractivity contribution < 1.29 is 18.9 Å². The molecule has 0 unspecified atom stereocenters. The zero-order valence-electron chi connectivity index (χ0n) is 13.0. The second-order valence-electron chi connectivity index (χ2n) is 5.00. The molecule has 1 heterocycles. The van der Waals surface area contributed by atoms with Gasteiger partial charge in [-0.25, -0.2) is 4.79 Å². The van der Waals surface area contributed by atoms with Crippen molar-refractivity contribution in [2.75, 3.05) is 6.61 Å². The molecule has 1 aromatic heterocycles. The van der Waals surface area contributed by atoms with Crippen molar-refractivity contribution in [2.45, 2.75) is 16.7 Å². The summed E-state index contributed by atoms with van der Waals surface area (Å²) in [5, 5.41) is 11.8. The first kappa shape index (κ1) is 17.3. The van der Waals surface area contributed by atoms with Crippen molar-refractivity contribution in [3.05, 3.63) is 63.4 Å². The number of ether oxygens (including phenoxy) is 1. The van der Waals surface area contributed by atoms with Gasteiger partial charge in [-0.05, 0) is 43.3 Å². The van der Waals surface area contributed by atoms with Crippen LogP contribution >= 0.6 is 23.4 Å². The van der Waals surface area contributed by atoms with Crippen LogP contribution < -0.4 is 0 Å². The molecule has 0 aliphatic rings. The summed E-state index contributed by atoms with van der Waals surface area (Å²) in [6, 6.07) is 11.6. The lowest BCUT2D eigenvalue weighted by Gasteiger charge is -2.03. The van der Waals surface area contributed by atoms with E-state index in [1.54, 1.807) is 25.1 Å². The van der Waals surface area contributed by atoms with Gasteiger partial charge in [-0.3, -0.25) is 10.1 Å². The Kier molecular flexibility index (Phi) is 4.96. The Morgan fingerprint density at radius 1 is 1.24 bits per heavy atom. The van der Waals surface area contributed by atoms with Gasteiger partial charge in [0.05, 0.1) is 11.5 Å². The van der Waals surface area contributed by atoms with Gasteiger partial charge in [0.25, 0.3) is 5.69 Å². The molecule has 0 saturated heterocycles. The summed E-state index contributed by atoms with van der Waals surface area (Å²) in [5.74, 6) is -0.373. The first-order valence-electron chi connectivity index (χ1n) is 7.30. The number of benzene rings is 2. The van der Waals surface area contributed by atoms with Gasteiger partial charge in [0.1, 0.15) is 10.6 Å². The zero-order chi connectivity index (χ0) is 18.0. The lowest BCUT2D eigenvalue weighted by Crippen LogP contribution is -2.02. The third kappa shape index (κ3) is 3.78. The van der Waals surface area contributed by atoms with Gasteiger partial charge in [-0.1, -0.05) is 23.4 Å². The molecule has 0 aliphatic heterocycles. The highest BCUT2D eigenvalue weighted by Gasteiger charge is 2.15. The van der Waals surface area contributed by atoms with E-state index in [1.807, 2.05) is 12.1 Å². The van der Waals surface area contributed by atoms with Crippen LogP contribution in [0.4, 0.5) is 5.69 Å². The molecule has 0 fully saturated rings. The molecule has 128 valence electrons. The molecule has 6 nitrogen and oxygen atoms in total. The average molecular weight is 378 g/mol. The van der Waals surface area contributed by atoms with E-state index in [0.717, 1.165) is 10.3 Å². The predicted octanol–water partition coefficient (Wildman–Crippen LogP) is 5.32. The van der Waals surface area contributed by atoms with Gasteiger partial charge in [-0.15, -0.1) is 0 Å². The second kappa shape index (κ2) is 7.16. The van der Waals surface area contributed by atoms with Crippen molar-refractivity contribution in [3.63, 3.8) is 0 Å². The standard InChI is InChI=1S/C17H12ClNO5S/c1-2-23-17(20)16-8-10-7-11(4-6-15(10)24-16)25-12-3-5-13(18)14(9-12)19(21)22/h3-9H,2H2,1H3. The summed E-state index contributed by atoms with van der Waals surface area (Å²) in [6.07, 6.45) is 0. The molecule has 0 aliphatic carbocycles. The average Bonchev–Trinajstić information content (AvgIpc) is 3.00. The Hall–Kier alpha value is -2.51. The normalized spacial score (nSPS) is 10.8. The molecule has 25 heavy (non-hydrogen) atoms. The molecule has 0 bridgehead atoms. The number of hydrogen-bond donors (Lipinski definition) is 0. The summed E-state index contributed by atoms with van der Waals surface area (Å²) in [6.45, 7) is 1.99. The first-order valence-corrected chi connectivity index (χ1v) is 8.50. The van der Waals surface area contributed by atoms with Crippen molar-refractivity contribution in [1.29, 1.82) is 0 Å². The topological polar surface area (TPSA) is 82.6 Å². The Morgan fingerprint density at radius 3 is 2.68 bits per heavy atom. The van der Waals surface area contributed by atoms with Crippen LogP contribution in [0.15, 0.2) is 56.7 Å². The lowest BCUT2D eigenvalue weighted by atomic mass is 10.2. The Balaban J connectivity index is 1.88. The Bertz CT molecular complexity index is 969. The summed E-state index contributed by atoms with van der Waals surface area (Å²) >= 11 is 7.17. The number of carbonyl (C=O) groups is 1. The van der Waals surface area contributed by atoms with Gasteiger partial charge in [0.2, 0.25) is 5.76 Å². The second-order valence-corrected chi connectivity index (χ2v) is 6.56. The van der Waals surface area contributed by atoms with Gasteiger partial charge in [0, 0.05) is 21.2 Å². The summed E-state index contributed by atoms with van der Waals surface area (Å²) < 4.78 is 10.4. The maximum absolute atomic E-state index is 11.7. The van der Waals surface area contributed by atoms with Crippen LogP contribution in [0.2, 0.25) is 5.02 Å². The Labute approximate surface area is 151 Å². The van der Waals surface area contributed by atoms with Crippen molar-refractivity contribution in [2.24, 2.45) is 0 Å². The zero-order valence-corrected chi connectivity index (χ0v) is 14.6. The molecule has 3 aromatic rings. The van der Waals surface area contributed by atoms with Crippen LogP contribution in [-0.2, 0) is 4.74 Å². The van der Waals surface area contributed by atoms with E-state index in [9.17, 15) is 14.9 Å². The van der Waals surface area contributed by atoms with Crippen molar-refractivity contribution in [1.82, 2.24) is 0 Å². The van der Waals surface area contributed by atoms with Crippen LogP contribution in [0.25, 0.3) is 11.0 Å². The van der Waals surface area contributed by atoms with Crippen LogP contribution in [-0.4, -0.2) is 17.5 Å². The molecule has 0 radical (unpaired) electrons. The van der Waals surface area contributed by atoms with Gasteiger partial charge in [0.15, 0.2) is 0 Å². The third-order valence-electron chi connectivity index (χ3n) is 3.31. The quantitative estimate of drug-likeness (QED) is 0.340. The van der Waals surface area contributed by atoms with E-state index in [-0.39, 0.29) is 23.1 Å². The molecule has 0 atom stereocenters. The largest absolute Gasteiger partial charge is 0.460 e. The summed E-state index contributed by atoms with van der Waals surface area (Å²) in [5.41, 5.74) is 0.426. The Morgan fingerprint density at radius 2 is 1.96 bits per heavy atom. The maximum Gasteiger partial charge on any atom is 0.374 e. The number of fused-ring (bicyclic) bond motifs is 1. The molecule has 3 rings (SSSR count). The highest BCUT2D eigenvalue weighted by Crippen LogP contribution is 2.35. The third-order valence-corrected chi connectivity index (χ3v) is 4.61.